The molecule has 0 spiro atoms. The number of hydrogen-bond donors (Lipinski definition) is 1. The fourth-order valence-electron chi connectivity index (χ4n) is 3.96. The van der Waals surface area contributed by atoms with Crippen LogP contribution in [0.15, 0.2) is 30.5 Å². The zero-order valence-electron chi connectivity index (χ0n) is 15.4. The van der Waals surface area contributed by atoms with Gasteiger partial charge in [0.1, 0.15) is 12.4 Å². The van der Waals surface area contributed by atoms with Crippen LogP contribution in [0.3, 0.4) is 0 Å². The van der Waals surface area contributed by atoms with Gasteiger partial charge >= 0.3 is 0 Å². The van der Waals surface area contributed by atoms with E-state index in [-0.39, 0.29) is 5.91 Å². The maximum atomic E-state index is 12.9. The molecule has 1 atom stereocenters. The molecule has 1 aliphatic rings. The van der Waals surface area contributed by atoms with Crippen molar-refractivity contribution in [3.05, 3.63) is 47.5 Å². The highest BCUT2D eigenvalue weighted by atomic mass is 16.2. The van der Waals surface area contributed by atoms with E-state index in [1.165, 1.54) is 11.3 Å². The molecule has 3 heterocycles. The molecule has 0 aliphatic carbocycles. The monoisotopic (exact) mass is 351 g/mol. The molecule has 136 valence electrons. The Balaban J connectivity index is 1.45. The van der Waals surface area contributed by atoms with Gasteiger partial charge in [-0.3, -0.25) is 9.89 Å². The van der Waals surface area contributed by atoms with E-state index in [0.29, 0.717) is 12.5 Å². The number of fused-ring (bicyclic) bond motifs is 1. The molecule has 1 aliphatic heterocycles. The number of carbonyl (C=O) groups excluding carboxylic acids is 1. The summed E-state index contributed by atoms with van der Waals surface area (Å²) < 4.78 is 2.03. The zero-order valence-corrected chi connectivity index (χ0v) is 15.4. The van der Waals surface area contributed by atoms with E-state index in [9.17, 15) is 4.79 Å². The molecule has 0 radical (unpaired) electrons. The number of benzene rings is 1. The molecule has 0 saturated carbocycles. The van der Waals surface area contributed by atoms with Crippen LogP contribution in [0.5, 0.6) is 0 Å². The Hall–Kier alpha value is -2.63. The Kier molecular flexibility index (Phi) is 4.49. The molecule has 0 bridgehead atoms. The van der Waals surface area contributed by atoms with Gasteiger partial charge in [0.05, 0.1) is 17.2 Å². The molecule has 1 saturated heterocycles. The maximum absolute atomic E-state index is 12.9. The molecule has 1 N–H and O–H groups in total. The minimum absolute atomic E-state index is 0.183. The SMILES string of the molecule is Cc1cn[nH]c1C[C@@H]1CCCN(C(=O)Cn2c(C)nc3ccccc32)C1. The molecule has 6 heteroatoms. The Labute approximate surface area is 153 Å². The number of imidazole rings is 1. The number of aromatic nitrogens is 4. The van der Waals surface area contributed by atoms with Crippen LogP contribution in [0.25, 0.3) is 11.0 Å². The lowest BCUT2D eigenvalue weighted by atomic mass is 9.92. The molecule has 1 fully saturated rings. The number of rotatable bonds is 4. The third-order valence-corrected chi connectivity index (χ3v) is 5.44. The van der Waals surface area contributed by atoms with Gasteiger partial charge in [0.15, 0.2) is 0 Å². The van der Waals surface area contributed by atoms with Gasteiger partial charge in [-0.2, -0.15) is 5.10 Å². The van der Waals surface area contributed by atoms with E-state index in [1.807, 2.05) is 46.9 Å². The molecular formula is C20H25N5O. The summed E-state index contributed by atoms with van der Waals surface area (Å²) in [7, 11) is 0. The van der Waals surface area contributed by atoms with E-state index in [0.717, 1.165) is 49.2 Å². The second-order valence-electron chi connectivity index (χ2n) is 7.32. The number of nitrogens with zero attached hydrogens (tertiary/aromatic N) is 4. The van der Waals surface area contributed by atoms with Gasteiger partial charge in [-0.1, -0.05) is 12.1 Å². The summed E-state index contributed by atoms with van der Waals surface area (Å²) in [4.78, 5) is 19.5. The van der Waals surface area contributed by atoms with Gasteiger partial charge in [0.2, 0.25) is 5.91 Å². The number of nitrogens with one attached hydrogen (secondary N) is 1. The number of aromatic amines is 1. The normalized spacial score (nSPS) is 17.8. The number of amides is 1. The number of hydrogen-bond acceptors (Lipinski definition) is 3. The molecule has 2 aromatic heterocycles. The highest BCUT2D eigenvalue weighted by molar-refractivity contribution is 5.81. The van der Waals surface area contributed by atoms with Crippen molar-refractivity contribution in [1.29, 1.82) is 0 Å². The Morgan fingerprint density at radius 3 is 2.96 bits per heavy atom. The first-order chi connectivity index (χ1) is 12.6. The third kappa shape index (κ3) is 3.23. The van der Waals surface area contributed by atoms with Crippen molar-refractivity contribution < 1.29 is 4.79 Å². The first-order valence-electron chi connectivity index (χ1n) is 9.30. The number of likely N-dealkylation sites (tertiary alicyclic amines) is 1. The summed E-state index contributed by atoms with van der Waals surface area (Å²) in [5, 5.41) is 7.21. The largest absolute Gasteiger partial charge is 0.341 e. The van der Waals surface area contributed by atoms with Gasteiger partial charge in [-0.05, 0) is 56.7 Å². The van der Waals surface area contributed by atoms with Crippen molar-refractivity contribution in [3.8, 4) is 0 Å². The Morgan fingerprint density at radius 2 is 2.15 bits per heavy atom. The van der Waals surface area contributed by atoms with E-state index in [1.54, 1.807) is 0 Å². The zero-order chi connectivity index (χ0) is 18.1. The molecule has 26 heavy (non-hydrogen) atoms. The Morgan fingerprint density at radius 1 is 1.31 bits per heavy atom. The van der Waals surface area contributed by atoms with Crippen LogP contribution in [0, 0.1) is 19.8 Å². The van der Waals surface area contributed by atoms with Crippen LogP contribution in [0.1, 0.15) is 29.9 Å². The molecule has 3 aromatic rings. The number of H-pyrrole nitrogens is 1. The summed E-state index contributed by atoms with van der Waals surface area (Å²) in [6.07, 6.45) is 5.05. The fraction of sp³-hybridized carbons (Fsp3) is 0.450. The standard InChI is InChI=1S/C20H25N5O/c1-14-11-21-23-18(14)10-16-6-5-9-24(12-16)20(26)13-25-15(2)22-17-7-3-4-8-19(17)25/h3-4,7-8,11,16H,5-6,9-10,12-13H2,1-2H3,(H,21,23)/t16-/m0/s1. The van der Waals surface area contributed by atoms with Crippen LogP contribution < -0.4 is 0 Å². The predicted octanol–water partition coefficient (Wildman–Crippen LogP) is 2.86. The summed E-state index contributed by atoms with van der Waals surface area (Å²) in [6, 6.07) is 8.00. The third-order valence-electron chi connectivity index (χ3n) is 5.44. The van der Waals surface area contributed by atoms with E-state index >= 15 is 0 Å². The van der Waals surface area contributed by atoms with Crippen molar-refractivity contribution >= 4 is 16.9 Å². The fourth-order valence-corrected chi connectivity index (χ4v) is 3.96. The molecule has 6 nitrogen and oxygen atoms in total. The van der Waals surface area contributed by atoms with Crippen molar-refractivity contribution in [1.82, 2.24) is 24.6 Å². The van der Waals surface area contributed by atoms with Gasteiger partial charge < -0.3 is 9.47 Å². The molecular weight excluding hydrogens is 326 g/mol. The predicted molar refractivity (Wildman–Crippen MR) is 101 cm³/mol. The van der Waals surface area contributed by atoms with Gasteiger partial charge in [-0.15, -0.1) is 0 Å². The number of piperidine rings is 1. The lowest BCUT2D eigenvalue weighted by Gasteiger charge is -2.33. The van der Waals surface area contributed by atoms with E-state index in [2.05, 4.69) is 22.1 Å². The quantitative estimate of drug-likeness (QED) is 0.786. The summed E-state index contributed by atoms with van der Waals surface area (Å²) in [5.41, 5.74) is 4.37. The van der Waals surface area contributed by atoms with Crippen molar-refractivity contribution in [2.75, 3.05) is 13.1 Å². The summed E-state index contributed by atoms with van der Waals surface area (Å²) >= 11 is 0. The van der Waals surface area contributed by atoms with Crippen LogP contribution in [0.4, 0.5) is 0 Å². The smallest absolute Gasteiger partial charge is 0.242 e. The lowest BCUT2D eigenvalue weighted by Crippen LogP contribution is -2.42. The molecule has 0 unspecified atom stereocenters. The van der Waals surface area contributed by atoms with Crippen molar-refractivity contribution in [3.63, 3.8) is 0 Å². The Bertz CT molecular complexity index is 925. The maximum Gasteiger partial charge on any atom is 0.242 e. The minimum Gasteiger partial charge on any atom is -0.341 e. The average Bonchev–Trinajstić information content (AvgIpc) is 3.18. The molecule has 4 rings (SSSR count). The van der Waals surface area contributed by atoms with Gasteiger partial charge in [0, 0.05) is 18.8 Å². The first-order valence-corrected chi connectivity index (χ1v) is 9.30. The summed E-state index contributed by atoms with van der Waals surface area (Å²) in [5.74, 6) is 1.57. The molecule has 1 amide bonds. The topological polar surface area (TPSA) is 66.8 Å². The van der Waals surface area contributed by atoms with Crippen LogP contribution in [-0.4, -0.2) is 43.6 Å². The highest BCUT2D eigenvalue weighted by Crippen LogP contribution is 2.22. The number of para-hydroxylation sites is 2. The van der Waals surface area contributed by atoms with Gasteiger partial charge in [0.25, 0.3) is 0 Å². The average molecular weight is 351 g/mol. The van der Waals surface area contributed by atoms with Crippen LogP contribution in [-0.2, 0) is 17.8 Å². The first kappa shape index (κ1) is 16.8. The van der Waals surface area contributed by atoms with E-state index in [4.69, 9.17) is 0 Å². The van der Waals surface area contributed by atoms with Gasteiger partial charge in [-0.25, -0.2) is 4.98 Å². The van der Waals surface area contributed by atoms with Crippen molar-refractivity contribution in [2.24, 2.45) is 5.92 Å². The van der Waals surface area contributed by atoms with Crippen LogP contribution in [0.2, 0.25) is 0 Å². The molecule has 1 aromatic carbocycles. The van der Waals surface area contributed by atoms with E-state index < -0.39 is 0 Å². The number of carbonyl (C=O) groups is 1. The second-order valence-corrected chi connectivity index (χ2v) is 7.32. The summed E-state index contributed by atoms with van der Waals surface area (Å²) in [6.45, 7) is 6.08. The van der Waals surface area contributed by atoms with Crippen LogP contribution >= 0.6 is 0 Å². The lowest BCUT2D eigenvalue weighted by molar-refractivity contribution is -0.133. The minimum atomic E-state index is 0.183. The highest BCUT2D eigenvalue weighted by Gasteiger charge is 2.25. The second kappa shape index (κ2) is 6.94. The van der Waals surface area contributed by atoms with Crippen molar-refractivity contribution in [2.45, 2.75) is 39.7 Å². The number of aryl methyl sites for hydroxylation is 2.